The first-order valence-corrected chi connectivity index (χ1v) is 6.40. The van der Waals surface area contributed by atoms with Gasteiger partial charge < -0.3 is 15.2 Å². The molecule has 2 atom stereocenters. The number of unbranched alkanes of at least 4 members (excludes halogenated alkanes) is 1. The zero-order valence-electron chi connectivity index (χ0n) is 10.7. The van der Waals surface area contributed by atoms with Crippen LogP contribution < -0.4 is 5.32 Å². The van der Waals surface area contributed by atoms with E-state index in [-0.39, 0.29) is 13.0 Å². The number of halogens is 3. The van der Waals surface area contributed by atoms with Gasteiger partial charge in [-0.05, 0) is 38.6 Å². The third-order valence-corrected chi connectivity index (χ3v) is 3.62. The van der Waals surface area contributed by atoms with Gasteiger partial charge in [-0.25, -0.2) is 0 Å². The molecule has 1 rings (SSSR count). The molecule has 0 amide bonds. The van der Waals surface area contributed by atoms with Crippen LogP contribution in [0.15, 0.2) is 0 Å². The Kier molecular flexibility index (Phi) is 5.88. The summed E-state index contributed by atoms with van der Waals surface area (Å²) in [4.78, 5) is 0. The highest BCUT2D eigenvalue weighted by Crippen LogP contribution is 2.42. The van der Waals surface area contributed by atoms with Gasteiger partial charge in [-0.3, -0.25) is 0 Å². The lowest BCUT2D eigenvalue weighted by Crippen LogP contribution is -2.55. The minimum Gasteiger partial charge on any atom is -0.385 e. The van der Waals surface area contributed by atoms with E-state index in [0.717, 1.165) is 6.54 Å². The van der Waals surface area contributed by atoms with Crippen LogP contribution in [0.1, 0.15) is 32.1 Å². The van der Waals surface area contributed by atoms with Gasteiger partial charge in [0.25, 0.3) is 0 Å². The Balaban J connectivity index is 2.62. The van der Waals surface area contributed by atoms with Crippen LogP contribution in [0.3, 0.4) is 0 Å². The Morgan fingerprint density at radius 3 is 2.56 bits per heavy atom. The van der Waals surface area contributed by atoms with E-state index < -0.39 is 17.7 Å². The first kappa shape index (κ1) is 15.7. The van der Waals surface area contributed by atoms with Crippen molar-refractivity contribution in [2.24, 2.45) is 5.92 Å². The van der Waals surface area contributed by atoms with Gasteiger partial charge in [-0.2, -0.15) is 13.2 Å². The van der Waals surface area contributed by atoms with Gasteiger partial charge in [0.2, 0.25) is 0 Å². The molecule has 1 heterocycles. The maximum absolute atomic E-state index is 13.1. The summed E-state index contributed by atoms with van der Waals surface area (Å²) < 4.78 is 44.1. The molecule has 1 aliphatic rings. The minimum absolute atomic E-state index is 0.236. The average Bonchev–Trinajstić information content (AvgIpc) is 2.34. The summed E-state index contributed by atoms with van der Waals surface area (Å²) in [6.45, 7) is 1.39. The molecule has 0 spiro atoms. The maximum Gasteiger partial charge on any atom is 0.417 e. The van der Waals surface area contributed by atoms with E-state index in [4.69, 9.17) is 4.74 Å². The fraction of sp³-hybridized carbons (Fsp3) is 1.00. The molecule has 18 heavy (non-hydrogen) atoms. The Morgan fingerprint density at radius 2 is 2.06 bits per heavy atom. The predicted octanol–water partition coefficient (Wildman–Crippen LogP) is 2.10. The van der Waals surface area contributed by atoms with Crippen LogP contribution in [0, 0.1) is 5.92 Å². The summed E-state index contributed by atoms with van der Waals surface area (Å²) >= 11 is 0. The zero-order chi connectivity index (χ0) is 13.6. The van der Waals surface area contributed by atoms with E-state index in [2.05, 4.69) is 5.32 Å². The summed E-state index contributed by atoms with van der Waals surface area (Å²) in [7, 11) is 1.51. The van der Waals surface area contributed by atoms with Gasteiger partial charge >= 0.3 is 6.18 Å². The van der Waals surface area contributed by atoms with Gasteiger partial charge in [0, 0.05) is 26.2 Å². The van der Waals surface area contributed by atoms with Crippen molar-refractivity contribution in [2.45, 2.75) is 43.9 Å². The van der Waals surface area contributed by atoms with Crippen molar-refractivity contribution in [3.63, 3.8) is 0 Å². The Labute approximate surface area is 106 Å². The SMILES string of the molecule is COCCCCC(O)(C1CCCNC1)C(F)(F)F. The normalized spacial score (nSPS) is 24.8. The molecule has 0 aromatic carbocycles. The molecule has 6 heteroatoms. The molecular weight excluding hydrogens is 247 g/mol. The second-order valence-corrected chi connectivity index (χ2v) is 4.92. The Morgan fingerprint density at radius 1 is 1.33 bits per heavy atom. The Bertz CT molecular complexity index is 242. The molecule has 1 saturated heterocycles. The van der Waals surface area contributed by atoms with Crippen molar-refractivity contribution in [1.29, 1.82) is 0 Å². The molecule has 108 valence electrons. The maximum atomic E-state index is 13.1. The van der Waals surface area contributed by atoms with Crippen LogP contribution in [-0.4, -0.2) is 43.7 Å². The van der Waals surface area contributed by atoms with Crippen LogP contribution in [0.25, 0.3) is 0 Å². The highest BCUT2D eigenvalue weighted by Gasteiger charge is 2.57. The van der Waals surface area contributed by atoms with Gasteiger partial charge in [-0.1, -0.05) is 0 Å². The molecule has 1 fully saturated rings. The van der Waals surface area contributed by atoms with Crippen LogP contribution in [0.4, 0.5) is 13.2 Å². The van der Waals surface area contributed by atoms with E-state index in [1.165, 1.54) is 7.11 Å². The lowest BCUT2D eigenvalue weighted by molar-refractivity contribution is -0.284. The molecule has 1 aliphatic heterocycles. The average molecular weight is 269 g/mol. The van der Waals surface area contributed by atoms with Crippen molar-refractivity contribution >= 4 is 0 Å². The lowest BCUT2D eigenvalue weighted by atomic mass is 9.78. The van der Waals surface area contributed by atoms with Crippen LogP contribution >= 0.6 is 0 Å². The number of aliphatic hydroxyl groups is 1. The van der Waals surface area contributed by atoms with Crippen molar-refractivity contribution in [3.05, 3.63) is 0 Å². The first-order chi connectivity index (χ1) is 8.42. The van der Waals surface area contributed by atoms with E-state index in [0.29, 0.717) is 32.3 Å². The highest BCUT2D eigenvalue weighted by atomic mass is 19.4. The minimum atomic E-state index is -4.57. The summed E-state index contributed by atoms with van der Waals surface area (Å²) in [6, 6.07) is 0. The van der Waals surface area contributed by atoms with E-state index in [1.807, 2.05) is 0 Å². The van der Waals surface area contributed by atoms with Crippen molar-refractivity contribution in [1.82, 2.24) is 5.32 Å². The summed E-state index contributed by atoms with van der Waals surface area (Å²) in [5, 5.41) is 13.0. The fourth-order valence-electron chi connectivity index (χ4n) is 2.48. The lowest BCUT2D eigenvalue weighted by Gasteiger charge is -2.40. The highest BCUT2D eigenvalue weighted by molar-refractivity contribution is 4.95. The number of hydrogen-bond acceptors (Lipinski definition) is 3. The standard InChI is InChI=1S/C12H22F3NO2/c1-18-8-3-2-6-11(17,12(13,14)15)10-5-4-7-16-9-10/h10,16-17H,2-9H2,1H3. The number of ether oxygens (including phenoxy) is 1. The van der Waals surface area contributed by atoms with Crippen LogP contribution in [0.2, 0.25) is 0 Å². The number of rotatable bonds is 6. The topological polar surface area (TPSA) is 41.5 Å². The largest absolute Gasteiger partial charge is 0.417 e. The number of hydrogen-bond donors (Lipinski definition) is 2. The van der Waals surface area contributed by atoms with Gasteiger partial charge in [0.1, 0.15) is 0 Å². The molecule has 3 nitrogen and oxygen atoms in total. The van der Waals surface area contributed by atoms with E-state index in [1.54, 1.807) is 0 Å². The molecular formula is C12H22F3NO2. The summed E-state index contributed by atoms with van der Waals surface area (Å²) in [5.74, 6) is -0.742. The molecule has 0 aromatic rings. The molecule has 0 aliphatic carbocycles. The number of methoxy groups -OCH3 is 1. The second kappa shape index (κ2) is 6.73. The zero-order valence-corrected chi connectivity index (χ0v) is 10.7. The molecule has 0 aromatic heterocycles. The third kappa shape index (κ3) is 3.83. The molecule has 0 bridgehead atoms. The molecule has 2 unspecified atom stereocenters. The first-order valence-electron chi connectivity index (χ1n) is 6.40. The van der Waals surface area contributed by atoms with E-state index in [9.17, 15) is 18.3 Å². The smallest absolute Gasteiger partial charge is 0.385 e. The van der Waals surface area contributed by atoms with Crippen LogP contribution in [-0.2, 0) is 4.74 Å². The van der Waals surface area contributed by atoms with Gasteiger partial charge in [-0.15, -0.1) is 0 Å². The van der Waals surface area contributed by atoms with Crippen molar-refractivity contribution < 1.29 is 23.0 Å². The van der Waals surface area contributed by atoms with Gasteiger partial charge in [0.15, 0.2) is 5.60 Å². The fourth-order valence-corrected chi connectivity index (χ4v) is 2.48. The molecule has 0 saturated carbocycles. The Hall–Kier alpha value is -0.330. The summed E-state index contributed by atoms with van der Waals surface area (Å²) in [6.07, 6.45) is -2.85. The monoisotopic (exact) mass is 269 g/mol. The van der Waals surface area contributed by atoms with Crippen molar-refractivity contribution in [3.8, 4) is 0 Å². The second-order valence-electron chi connectivity index (χ2n) is 4.92. The van der Waals surface area contributed by atoms with Crippen molar-refractivity contribution in [2.75, 3.05) is 26.8 Å². The molecule has 0 radical (unpaired) electrons. The molecule has 2 N–H and O–H groups in total. The number of piperidine rings is 1. The summed E-state index contributed by atoms with van der Waals surface area (Å²) in [5.41, 5.74) is -2.56. The van der Waals surface area contributed by atoms with Gasteiger partial charge in [0.05, 0.1) is 0 Å². The van der Waals surface area contributed by atoms with E-state index >= 15 is 0 Å². The predicted molar refractivity (Wildman–Crippen MR) is 62.3 cm³/mol. The number of alkyl halides is 3. The quantitative estimate of drug-likeness (QED) is 0.726. The number of nitrogens with one attached hydrogen (secondary N) is 1. The van der Waals surface area contributed by atoms with Crippen LogP contribution in [0.5, 0.6) is 0 Å². The third-order valence-electron chi connectivity index (χ3n) is 3.62.